The lowest BCUT2D eigenvalue weighted by Crippen LogP contribution is -1.97. The highest BCUT2D eigenvalue weighted by atomic mass is 19.4. The lowest BCUT2D eigenvalue weighted by atomic mass is 10.4. The number of hydrogen-bond acceptors (Lipinski definition) is 0. The van der Waals surface area contributed by atoms with Crippen LogP contribution < -0.4 is 0 Å². The Hall–Kier alpha value is -0.990. The number of fused-ring (bicyclic) bond motifs is 1. The first-order chi connectivity index (χ1) is 4.61. The summed E-state index contributed by atoms with van der Waals surface area (Å²) in [5, 5.41) is 0. The summed E-state index contributed by atoms with van der Waals surface area (Å²) in [5.41, 5.74) is 0.301. The van der Waals surface area contributed by atoms with E-state index in [1.165, 1.54) is 12.1 Å². The Kier molecular flexibility index (Phi) is 0.785. The summed E-state index contributed by atoms with van der Waals surface area (Å²) in [5.74, 6) is 0. The Labute approximate surface area is 55.3 Å². The monoisotopic (exact) mass is 144 g/mol. The Bertz CT molecular complexity index is 265. The molecule has 0 heterocycles. The summed E-state index contributed by atoms with van der Waals surface area (Å²) >= 11 is 0. The number of rotatable bonds is 0. The molecule has 0 radical (unpaired) electrons. The van der Waals surface area contributed by atoms with Crippen LogP contribution >= 0.6 is 0 Å². The van der Waals surface area contributed by atoms with E-state index in [1.807, 2.05) is 0 Å². The van der Waals surface area contributed by atoms with Gasteiger partial charge in [-0.05, 0) is 11.1 Å². The normalized spacial score (nSPS) is 13.5. The highest BCUT2D eigenvalue weighted by Gasteiger charge is 2.44. The molecule has 0 bridgehead atoms. The zero-order valence-electron chi connectivity index (χ0n) is 4.87. The van der Waals surface area contributed by atoms with Gasteiger partial charge in [-0.3, -0.25) is 0 Å². The van der Waals surface area contributed by atoms with E-state index in [2.05, 4.69) is 0 Å². The van der Waals surface area contributed by atoms with Gasteiger partial charge in [0.15, 0.2) is 0 Å². The van der Waals surface area contributed by atoms with E-state index >= 15 is 0 Å². The molecule has 2 aliphatic rings. The summed E-state index contributed by atoms with van der Waals surface area (Å²) in [6.45, 7) is 0. The molecule has 0 saturated heterocycles. The van der Waals surface area contributed by atoms with Crippen molar-refractivity contribution in [3.63, 3.8) is 0 Å². The van der Waals surface area contributed by atoms with Gasteiger partial charge >= 0.3 is 6.18 Å². The third kappa shape index (κ3) is 0.574. The molecule has 0 spiro atoms. The maximum Gasteiger partial charge on any atom is 0.417 e. The Balaban J connectivity index is 2.45. The van der Waals surface area contributed by atoms with Crippen molar-refractivity contribution in [2.24, 2.45) is 0 Å². The fraction of sp³-hybridized carbons (Fsp3) is 0.143. The first-order valence-corrected chi connectivity index (χ1v) is 2.81. The standard InChI is InChI=1S/C7H3F3/c8-7(9,10)6-4-2-1-3-5(4)6/h1-3H. The molecule has 0 fully saturated rings. The summed E-state index contributed by atoms with van der Waals surface area (Å²) in [7, 11) is 0. The lowest BCUT2D eigenvalue weighted by Gasteiger charge is -1.95. The van der Waals surface area contributed by atoms with E-state index in [0.717, 1.165) is 0 Å². The second kappa shape index (κ2) is 1.36. The van der Waals surface area contributed by atoms with Gasteiger partial charge in [-0.1, -0.05) is 18.2 Å². The maximum atomic E-state index is 11.8. The molecule has 0 amide bonds. The van der Waals surface area contributed by atoms with Crippen LogP contribution in [0, 0.1) is 0 Å². The fourth-order valence-electron chi connectivity index (χ4n) is 1.11. The number of halogens is 3. The van der Waals surface area contributed by atoms with Crippen molar-refractivity contribution in [2.75, 3.05) is 0 Å². The summed E-state index contributed by atoms with van der Waals surface area (Å²) in [4.78, 5) is 0. The zero-order chi connectivity index (χ0) is 7.35. The molecule has 0 aliphatic heterocycles. The Morgan fingerprint density at radius 2 is 1.50 bits per heavy atom. The summed E-state index contributed by atoms with van der Waals surface area (Å²) < 4.78 is 35.5. The van der Waals surface area contributed by atoms with Crippen molar-refractivity contribution in [1.29, 1.82) is 0 Å². The van der Waals surface area contributed by atoms with Crippen molar-refractivity contribution in [2.45, 2.75) is 6.18 Å². The van der Waals surface area contributed by atoms with Crippen LogP contribution in [-0.2, 0) is 6.18 Å². The van der Waals surface area contributed by atoms with Crippen LogP contribution in [0.25, 0.3) is 11.1 Å². The van der Waals surface area contributed by atoms with Gasteiger partial charge in [-0.25, -0.2) is 0 Å². The minimum Gasteiger partial charge on any atom is -0.166 e. The first kappa shape index (κ1) is 5.77. The second-order valence-electron chi connectivity index (χ2n) is 2.23. The largest absolute Gasteiger partial charge is 0.417 e. The van der Waals surface area contributed by atoms with E-state index in [1.54, 1.807) is 6.07 Å². The van der Waals surface area contributed by atoms with Crippen LogP contribution in [0.5, 0.6) is 0 Å². The van der Waals surface area contributed by atoms with Crippen LogP contribution in [0.4, 0.5) is 13.2 Å². The van der Waals surface area contributed by atoms with Crippen molar-refractivity contribution in [3.8, 4) is 11.1 Å². The van der Waals surface area contributed by atoms with Gasteiger partial charge in [0.25, 0.3) is 0 Å². The molecular formula is C7H3F3. The SMILES string of the molecule is FC(F)(F)c1c2cccc1-2. The minimum atomic E-state index is -4.13. The molecule has 0 atom stereocenters. The molecule has 0 aromatic heterocycles. The minimum absolute atomic E-state index is 0.368. The number of alkyl halides is 3. The molecular weight excluding hydrogens is 141 g/mol. The van der Waals surface area contributed by atoms with Crippen LogP contribution in [0.2, 0.25) is 0 Å². The Morgan fingerprint density at radius 1 is 1.00 bits per heavy atom. The van der Waals surface area contributed by atoms with Crippen molar-refractivity contribution in [3.05, 3.63) is 23.8 Å². The van der Waals surface area contributed by atoms with Crippen LogP contribution in [-0.4, -0.2) is 0 Å². The van der Waals surface area contributed by atoms with Crippen LogP contribution in [0.1, 0.15) is 5.56 Å². The molecule has 0 aromatic carbocycles. The maximum absolute atomic E-state index is 11.8. The van der Waals surface area contributed by atoms with Gasteiger partial charge < -0.3 is 0 Å². The zero-order valence-corrected chi connectivity index (χ0v) is 4.87. The van der Waals surface area contributed by atoms with Gasteiger partial charge in [0, 0.05) is 0 Å². The fourth-order valence-corrected chi connectivity index (χ4v) is 1.11. The highest BCUT2D eigenvalue weighted by Crippen LogP contribution is 2.52. The van der Waals surface area contributed by atoms with Crippen molar-refractivity contribution in [1.82, 2.24) is 0 Å². The quantitative estimate of drug-likeness (QED) is 0.533. The highest BCUT2D eigenvalue weighted by molar-refractivity contribution is 5.90. The second-order valence-corrected chi connectivity index (χ2v) is 2.23. The Morgan fingerprint density at radius 3 is 1.80 bits per heavy atom. The smallest absolute Gasteiger partial charge is 0.166 e. The lowest BCUT2D eigenvalue weighted by molar-refractivity contribution is -0.133. The van der Waals surface area contributed by atoms with Gasteiger partial charge in [0.1, 0.15) is 0 Å². The molecule has 3 heteroatoms. The topological polar surface area (TPSA) is 0 Å². The third-order valence-electron chi connectivity index (χ3n) is 1.58. The molecule has 0 N–H and O–H groups in total. The third-order valence-corrected chi connectivity index (χ3v) is 1.58. The molecule has 0 saturated carbocycles. The number of hydrogen-bond donors (Lipinski definition) is 0. The van der Waals surface area contributed by atoms with Gasteiger partial charge in [0.2, 0.25) is 0 Å². The van der Waals surface area contributed by atoms with Gasteiger partial charge in [-0.15, -0.1) is 0 Å². The van der Waals surface area contributed by atoms with E-state index in [9.17, 15) is 13.2 Å². The predicted octanol–water partition coefficient (Wildman–Crippen LogP) is 2.69. The molecule has 2 rings (SSSR count). The van der Waals surface area contributed by atoms with E-state index in [4.69, 9.17) is 0 Å². The molecule has 0 unspecified atom stereocenters. The van der Waals surface area contributed by atoms with E-state index in [-0.39, 0.29) is 0 Å². The van der Waals surface area contributed by atoms with Gasteiger partial charge in [-0.2, -0.15) is 13.2 Å². The van der Waals surface area contributed by atoms with Crippen LogP contribution in [0.15, 0.2) is 18.2 Å². The molecule has 0 aromatic rings. The average Bonchev–Trinajstić information content (AvgIpc) is 2.30. The summed E-state index contributed by atoms with van der Waals surface area (Å²) in [6.07, 6.45) is -4.13. The van der Waals surface area contributed by atoms with Crippen molar-refractivity contribution >= 4 is 0 Å². The molecule has 0 nitrogen and oxygen atoms in total. The van der Waals surface area contributed by atoms with Crippen molar-refractivity contribution < 1.29 is 13.2 Å². The first-order valence-electron chi connectivity index (χ1n) is 2.81. The molecule has 52 valence electrons. The predicted molar refractivity (Wildman–Crippen MR) is 30.4 cm³/mol. The van der Waals surface area contributed by atoms with Gasteiger partial charge in [0.05, 0.1) is 5.56 Å². The van der Waals surface area contributed by atoms with Crippen LogP contribution in [0.3, 0.4) is 0 Å². The number of benzene rings is 1. The summed E-state index contributed by atoms with van der Waals surface area (Å²) in [6, 6.07) is 4.59. The van der Waals surface area contributed by atoms with E-state index in [0.29, 0.717) is 11.1 Å². The average molecular weight is 144 g/mol. The molecule has 10 heavy (non-hydrogen) atoms. The molecule has 2 aliphatic carbocycles. The van der Waals surface area contributed by atoms with E-state index < -0.39 is 11.7 Å².